The van der Waals surface area contributed by atoms with Crippen molar-refractivity contribution in [2.24, 2.45) is 0 Å². The molecule has 1 saturated heterocycles. The summed E-state index contributed by atoms with van der Waals surface area (Å²) in [5.41, 5.74) is 2.87. The van der Waals surface area contributed by atoms with Crippen molar-refractivity contribution in [2.75, 3.05) is 52.5 Å². The number of rotatable bonds is 6. The van der Waals surface area contributed by atoms with E-state index < -0.39 is 0 Å². The van der Waals surface area contributed by atoms with Crippen molar-refractivity contribution >= 4 is 0 Å². The first-order chi connectivity index (χ1) is 10.4. The lowest BCUT2D eigenvalue weighted by molar-refractivity contribution is -0.909. The van der Waals surface area contributed by atoms with Crippen LogP contribution in [0.5, 0.6) is 0 Å². The van der Waals surface area contributed by atoms with E-state index in [1.807, 2.05) is 0 Å². The average Bonchev–Trinajstić information content (AvgIpc) is 2.56. The molecule has 0 amide bonds. The summed E-state index contributed by atoms with van der Waals surface area (Å²) < 4.78 is 11.3. The third-order valence-electron chi connectivity index (χ3n) is 4.61. The van der Waals surface area contributed by atoms with Gasteiger partial charge in [-0.1, -0.05) is 24.3 Å². The summed E-state index contributed by atoms with van der Waals surface area (Å²) in [4.78, 5) is 1.70. The van der Waals surface area contributed by atoms with E-state index in [9.17, 15) is 0 Å². The molecule has 0 bridgehead atoms. The molecule has 2 aliphatic rings. The Morgan fingerprint density at radius 2 is 2.00 bits per heavy atom. The normalized spacial score (nSPS) is 23.0. The summed E-state index contributed by atoms with van der Waals surface area (Å²) in [5.74, 6) is 0. The Hall–Kier alpha value is -0.940. The molecule has 0 unspecified atom stereocenters. The van der Waals surface area contributed by atoms with E-state index in [0.29, 0.717) is 0 Å². The fourth-order valence-electron chi connectivity index (χ4n) is 3.35. The molecule has 3 N–H and O–H groups in total. The van der Waals surface area contributed by atoms with Crippen LogP contribution in [-0.4, -0.2) is 52.5 Å². The van der Waals surface area contributed by atoms with E-state index >= 15 is 0 Å². The Labute approximate surface area is 127 Å². The number of fused-ring (bicyclic) bond motifs is 1. The molecule has 0 spiro atoms. The van der Waals surface area contributed by atoms with Crippen molar-refractivity contribution in [2.45, 2.75) is 18.9 Å². The lowest BCUT2D eigenvalue weighted by Gasteiger charge is -2.25. The van der Waals surface area contributed by atoms with E-state index in [0.717, 1.165) is 32.8 Å². The molecule has 3 rings (SSSR count). The minimum atomic E-state index is 0.283. The average molecular weight is 292 g/mol. The van der Waals surface area contributed by atoms with Gasteiger partial charge in [0.05, 0.1) is 32.9 Å². The lowest BCUT2D eigenvalue weighted by atomic mass is 9.97. The summed E-state index contributed by atoms with van der Waals surface area (Å²) in [6, 6.07) is 8.73. The van der Waals surface area contributed by atoms with Gasteiger partial charge in [0, 0.05) is 6.42 Å². The second kappa shape index (κ2) is 7.90. The van der Waals surface area contributed by atoms with Gasteiger partial charge in [0.1, 0.15) is 25.7 Å². The smallest absolute Gasteiger partial charge is 0.131 e. The predicted octanol–water partition coefficient (Wildman–Crippen LogP) is -0.831. The minimum absolute atomic E-state index is 0.283. The fourth-order valence-corrected chi connectivity index (χ4v) is 3.35. The second-order valence-electron chi connectivity index (χ2n) is 6.09. The zero-order valence-electron chi connectivity index (χ0n) is 12.9. The number of hydrogen-bond acceptors (Lipinski definition) is 2. The maximum Gasteiger partial charge on any atom is 0.131 e. The van der Waals surface area contributed by atoms with E-state index in [2.05, 4.69) is 29.6 Å². The van der Waals surface area contributed by atoms with Gasteiger partial charge in [-0.15, -0.1) is 0 Å². The van der Waals surface area contributed by atoms with Crippen LogP contribution in [0.15, 0.2) is 24.3 Å². The summed E-state index contributed by atoms with van der Waals surface area (Å²) in [6.45, 7) is 8.63. The number of ether oxygens (including phenoxy) is 2. The summed E-state index contributed by atoms with van der Waals surface area (Å²) in [7, 11) is 0. The van der Waals surface area contributed by atoms with E-state index in [-0.39, 0.29) is 6.10 Å². The third-order valence-corrected chi connectivity index (χ3v) is 4.61. The zero-order chi connectivity index (χ0) is 14.3. The van der Waals surface area contributed by atoms with Crippen molar-refractivity contribution in [3.8, 4) is 0 Å². The topological polar surface area (TPSA) is 39.5 Å². The quantitative estimate of drug-likeness (QED) is 0.672. The monoisotopic (exact) mass is 292 g/mol. The molecule has 1 aromatic carbocycles. The molecule has 0 radical (unpaired) electrons. The molecule has 4 nitrogen and oxygen atoms in total. The number of morpholine rings is 1. The first-order valence-electron chi connectivity index (χ1n) is 8.36. The molecular weight excluding hydrogens is 264 g/mol. The number of nitrogens with one attached hydrogen (secondary N) is 1. The molecule has 0 saturated carbocycles. The Bertz CT molecular complexity index is 433. The van der Waals surface area contributed by atoms with Crippen LogP contribution in [0.25, 0.3) is 0 Å². The molecule has 1 atom stereocenters. The SMILES string of the molecule is c1ccc2c(c1)CCO[C@@H]2C[NH2+]CCC[NH+]1CCOCC1. The third kappa shape index (κ3) is 4.27. The molecule has 4 heteroatoms. The Morgan fingerprint density at radius 1 is 1.14 bits per heavy atom. The summed E-state index contributed by atoms with van der Waals surface area (Å²) in [6.07, 6.45) is 2.63. The molecule has 1 fully saturated rings. The van der Waals surface area contributed by atoms with Crippen LogP contribution in [-0.2, 0) is 15.9 Å². The predicted molar refractivity (Wildman–Crippen MR) is 81.5 cm³/mol. The van der Waals surface area contributed by atoms with Crippen molar-refractivity contribution < 1.29 is 19.7 Å². The maximum absolute atomic E-state index is 5.95. The standard InChI is InChI=1S/C17H26N2O2/c1-2-5-16-15(4-1)6-11-21-17(16)14-18-7-3-8-19-9-12-20-13-10-19/h1-2,4-5,17-18H,3,6-14H2/p+2/t17-/m1/s1. The van der Waals surface area contributed by atoms with Crippen molar-refractivity contribution in [3.05, 3.63) is 35.4 Å². The Kier molecular flexibility index (Phi) is 5.63. The fraction of sp³-hybridized carbons (Fsp3) is 0.647. The van der Waals surface area contributed by atoms with Gasteiger partial charge in [-0.2, -0.15) is 0 Å². The first-order valence-corrected chi connectivity index (χ1v) is 8.36. The summed E-state index contributed by atoms with van der Waals surface area (Å²) >= 11 is 0. The highest BCUT2D eigenvalue weighted by Gasteiger charge is 2.21. The second-order valence-corrected chi connectivity index (χ2v) is 6.09. The number of hydrogen-bond donors (Lipinski definition) is 2. The maximum atomic E-state index is 5.95. The van der Waals surface area contributed by atoms with E-state index in [1.165, 1.54) is 43.7 Å². The lowest BCUT2D eigenvalue weighted by Crippen LogP contribution is -3.14. The van der Waals surface area contributed by atoms with Gasteiger partial charge in [0.2, 0.25) is 0 Å². The van der Waals surface area contributed by atoms with Gasteiger partial charge in [-0.3, -0.25) is 0 Å². The van der Waals surface area contributed by atoms with Gasteiger partial charge in [0.25, 0.3) is 0 Å². The van der Waals surface area contributed by atoms with E-state index in [1.54, 1.807) is 4.90 Å². The molecule has 0 aliphatic carbocycles. The van der Waals surface area contributed by atoms with Crippen LogP contribution in [0.2, 0.25) is 0 Å². The molecule has 0 aromatic heterocycles. The van der Waals surface area contributed by atoms with Gasteiger partial charge in [-0.25, -0.2) is 0 Å². The number of quaternary nitrogens is 2. The Morgan fingerprint density at radius 3 is 2.90 bits per heavy atom. The van der Waals surface area contributed by atoms with Gasteiger partial charge in [-0.05, 0) is 17.5 Å². The van der Waals surface area contributed by atoms with Crippen molar-refractivity contribution in [1.29, 1.82) is 0 Å². The van der Waals surface area contributed by atoms with Crippen LogP contribution >= 0.6 is 0 Å². The molecule has 116 valence electrons. The van der Waals surface area contributed by atoms with Crippen LogP contribution in [0.4, 0.5) is 0 Å². The molecule has 2 heterocycles. The van der Waals surface area contributed by atoms with E-state index in [4.69, 9.17) is 9.47 Å². The minimum Gasteiger partial charge on any atom is -0.370 e. The molecular formula is C17H28N2O2+2. The first kappa shape index (κ1) is 15.0. The zero-order valence-corrected chi connectivity index (χ0v) is 12.9. The molecule has 21 heavy (non-hydrogen) atoms. The molecule has 1 aromatic rings. The van der Waals surface area contributed by atoms with Crippen LogP contribution in [0.1, 0.15) is 23.7 Å². The van der Waals surface area contributed by atoms with Crippen LogP contribution in [0, 0.1) is 0 Å². The van der Waals surface area contributed by atoms with Crippen molar-refractivity contribution in [3.63, 3.8) is 0 Å². The van der Waals surface area contributed by atoms with Gasteiger partial charge in [0.15, 0.2) is 0 Å². The highest BCUT2D eigenvalue weighted by molar-refractivity contribution is 5.30. The van der Waals surface area contributed by atoms with Gasteiger partial charge >= 0.3 is 0 Å². The van der Waals surface area contributed by atoms with Crippen LogP contribution in [0.3, 0.4) is 0 Å². The highest BCUT2D eigenvalue weighted by atomic mass is 16.5. The van der Waals surface area contributed by atoms with Gasteiger partial charge < -0.3 is 19.7 Å². The molecule has 2 aliphatic heterocycles. The highest BCUT2D eigenvalue weighted by Crippen LogP contribution is 2.25. The largest absolute Gasteiger partial charge is 0.370 e. The van der Waals surface area contributed by atoms with Crippen LogP contribution < -0.4 is 10.2 Å². The number of nitrogens with two attached hydrogens (primary N) is 1. The Balaban J connectivity index is 1.36. The summed E-state index contributed by atoms with van der Waals surface area (Å²) in [5, 5.41) is 2.42. The van der Waals surface area contributed by atoms with Crippen molar-refractivity contribution in [1.82, 2.24) is 0 Å². The number of benzene rings is 1.